The van der Waals surface area contributed by atoms with E-state index in [4.69, 9.17) is 27.9 Å². The minimum Gasteiger partial charge on any atom is -0.481 e. The molecule has 88 valence electrons. The highest BCUT2D eigenvalue weighted by Crippen LogP contribution is 2.24. The van der Waals surface area contributed by atoms with Gasteiger partial charge in [-0.1, -0.05) is 23.2 Å². The molecule has 16 heavy (non-hydrogen) atoms. The summed E-state index contributed by atoms with van der Waals surface area (Å²) >= 11 is 11.6. The summed E-state index contributed by atoms with van der Waals surface area (Å²) in [5.74, 6) is 0.0369. The molecule has 1 N–H and O–H groups in total. The van der Waals surface area contributed by atoms with E-state index in [1.54, 1.807) is 25.1 Å². The van der Waals surface area contributed by atoms with Crippen LogP contribution in [0, 0.1) is 0 Å². The van der Waals surface area contributed by atoms with Crippen molar-refractivity contribution in [1.82, 2.24) is 5.48 Å². The van der Waals surface area contributed by atoms with Gasteiger partial charge < -0.3 is 4.74 Å². The molecule has 0 heterocycles. The Hall–Kier alpha value is -0.970. The molecule has 6 heteroatoms. The summed E-state index contributed by atoms with van der Waals surface area (Å²) in [5.41, 5.74) is 2.16. The van der Waals surface area contributed by atoms with E-state index in [9.17, 15) is 4.79 Å². The molecule has 1 aromatic rings. The van der Waals surface area contributed by atoms with Gasteiger partial charge in [-0.3, -0.25) is 9.63 Å². The quantitative estimate of drug-likeness (QED) is 0.849. The molecule has 1 rings (SSSR count). The first-order valence-corrected chi connectivity index (χ1v) is 5.24. The van der Waals surface area contributed by atoms with Gasteiger partial charge in [0.05, 0.1) is 7.11 Å². The minimum atomic E-state index is -0.700. The fourth-order valence-corrected chi connectivity index (χ4v) is 1.54. The van der Waals surface area contributed by atoms with Gasteiger partial charge in [-0.25, -0.2) is 5.48 Å². The lowest BCUT2D eigenvalue weighted by atomic mass is 10.3. The first-order chi connectivity index (χ1) is 7.52. The van der Waals surface area contributed by atoms with Crippen LogP contribution in [-0.2, 0) is 9.63 Å². The highest BCUT2D eigenvalue weighted by molar-refractivity contribution is 6.34. The predicted molar refractivity (Wildman–Crippen MR) is 61.7 cm³/mol. The number of benzene rings is 1. The SMILES string of the molecule is CONC(=O)C(C)Oc1cc(Cl)cc(Cl)c1. The Morgan fingerprint density at radius 1 is 1.31 bits per heavy atom. The van der Waals surface area contributed by atoms with E-state index in [0.717, 1.165) is 0 Å². The van der Waals surface area contributed by atoms with E-state index in [1.807, 2.05) is 0 Å². The molecular formula is C10H11Cl2NO3. The van der Waals surface area contributed by atoms with Crippen molar-refractivity contribution in [3.63, 3.8) is 0 Å². The van der Waals surface area contributed by atoms with E-state index in [0.29, 0.717) is 15.8 Å². The first-order valence-electron chi connectivity index (χ1n) is 4.48. The lowest BCUT2D eigenvalue weighted by Crippen LogP contribution is -2.35. The zero-order valence-electron chi connectivity index (χ0n) is 8.79. The van der Waals surface area contributed by atoms with Crippen LogP contribution in [0.2, 0.25) is 10.0 Å². The molecule has 0 fully saturated rings. The molecule has 0 radical (unpaired) electrons. The molecular weight excluding hydrogens is 253 g/mol. The van der Waals surface area contributed by atoms with Crippen LogP contribution in [0.5, 0.6) is 5.75 Å². The monoisotopic (exact) mass is 263 g/mol. The Morgan fingerprint density at radius 2 is 1.88 bits per heavy atom. The van der Waals surface area contributed by atoms with Crippen molar-refractivity contribution in [3.8, 4) is 5.75 Å². The van der Waals surface area contributed by atoms with Crippen LogP contribution in [0.4, 0.5) is 0 Å². The molecule has 1 amide bonds. The van der Waals surface area contributed by atoms with Gasteiger partial charge in [0.2, 0.25) is 0 Å². The number of hydroxylamine groups is 1. The van der Waals surface area contributed by atoms with Crippen molar-refractivity contribution < 1.29 is 14.4 Å². The van der Waals surface area contributed by atoms with E-state index in [2.05, 4.69) is 10.3 Å². The fraction of sp³-hybridized carbons (Fsp3) is 0.300. The van der Waals surface area contributed by atoms with E-state index >= 15 is 0 Å². The molecule has 0 aliphatic rings. The van der Waals surface area contributed by atoms with Crippen LogP contribution in [0.15, 0.2) is 18.2 Å². The number of rotatable bonds is 4. The Bertz CT molecular complexity index is 364. The standard InChI is InChI=1S/C10H11Cl2NO3/c1-6(10(14)13-15-2)16-9-4-7(11)3-8(12)5-9/h3-6H,1-2H3,(H,13,14). The van der Waals surface area contributed by atoms with Crippen LogP contribution < -0.4 is 10.2 Å². The van der Waals surface area contributed by atoms with E-state index < -0.39 is 12.0 Å². The van der Waals surface area contributed by atoms with Gasteiger partial charge in [0.15, 0.2) is 6.10 Å². The summed E-state index contributed by atoms with van der Waals surface area (Å²) in [5, 5.41) is 0.892. The summed E-state index contributed by atoms with van der Waals surface area (Å²) in [6.45, 7) is 1.59. The summed E-state index contributed by atoms with van der Waals surface area (Å²) < 4.78 is 5.33. The average molecular weight is 264 g/mol. The summed E-state index contributed by atoms with van der Waals surface area (Å²) in [4.78, 5) is 15.8. The number of amides is 1. The van der Waals surface area contributed by atoms with Crippen molar-refractivity contribution in [2.75, 3.05) is 7.11 Å². The van der Waals surface area contributed by atoms with Crippen molar-refractivity contribution in [1.29, 1.82) is 0 Å². The second-order valence-corrected chi connectivity index (χ2v) is 3.91. The van der Waals surface area contributed by atoms with Crippen molar-refractivity contribution in [2.45, 2.75) is 13.0 Å². The molecule has 1 aromatic carbocycles. The second-order valence-electron chi connectivity index (χ2n) is 3.04. The highest BCUT2D eigenvalue weighted by Gasteiger charge is 2.14. The first kappa shape index (κ1) is 13.1. The minimum absolute atomic E-state index is 0.390. The molecule has 0 aromatic heterocycles. The van der Waals surface area contributed by atoms with Crippen molar-refractivity contribution in [2.24, 2.45) is 0 Å². The Balaban J connectivity index is 2.69. The number of hydrogen-bond acceptors (Lipinski definition) is 3. The zero-order chi connectivity index (χ0) is 12.1. The highest BCUT2D eigenvalue weighted by atomic mass is 35.5. The second kappa shape index (κ2) is 5.94. The number of nitrogens with one attached hydrogen (secondary N) is 1. The Morgan fingerprint density at radius 3 is 2.38 bits per heavy atom. The van der Waals surface area contributed by atoms with Crippen molar-refractivity contribution in [3.05, 3.63) is 28.2 Å². The van der Waals surface area contributed by atoms with Gasteiger partial charge in [-0.05, 0) is 25.1 Å². The predicted octanol–water partition coefficient (Wildman–Crippen LogP) is 2.44. The van der Waals surface area contributed by atoms with Gasteiger partial charge in [-0.2, -0.15) is 0 Å². The normalized spacial score (nSPS) is 12.0. The summed E-state index contributed by atoms with van der Waals surface area (Å²) in [6.07, 6.45) is -0.700. The van der Waals surface area contributed by atoms with Gasteiger partial charge >= 0.3 is 0 Å². The van der Waals surface area contributed by atoms with Crippen LogP contribution in [-0.4, -0.2) is 19.1 Å². The van der Waals surface area contributed by atoms with Gasteiger partial charge in [-0.15, -0.1) is 0 Å². The Kier molecular flexibility index (Phi) is 4.86. The summed E-state index contributed by atoms with van der Waals surface area (Å²) in [6, 6.07) is 4.73. The third-order valence-electron chi connectivity index (χ3n) is 1.72. The molecule has 0 spiro atoms. The zero-order valence-corrected chi connectivity index (χ0v) is 10.3. The summed E-state index contributed by atoms with van der Waals surface area (Å²) in [7, 11) is 1.35. The molecule has 4 nitrogen and oxygen atoms in total. The topological polar surface area (TPSA) is 47.6 Å². The average Bonchev–Trinajstić information content (AvgIpc) is 2.16. The fourth-order valence-electron chi connectivity index (χ4n) is 1.04. The lowest BCUT2D eigenvalue weighted by Gasteiger charge is -2.13. The largest absolute Gasteiger partial charge is 0.481 e. The maximum Gasteiger partial charge on any atom is 0.284 e. The lowest BCUT2D eigenvalue weighted by molar-refractivity contribution is -0.137. The smallest absolute Gasteiger partial charge is 0.284 e. The number of ether oxygens (including phenoxy) is 1. The number of carbonyl (C=O) groups excluding carboxylic acids is 1. The van der Waals surface area contributed by atoms with Gasteiger partial charge in [0, 0.05) is 10.0 Å². The van der Waals surface area contributed by atoms with E-state index in [1.165, 1.54) is 7.11 Å². The van der Waals surface area contributed by atoms with E-state index in [-0.39, 0.29) is 0 Å². The molecule has 1 unspecified atom stereocenters. The van der Waals surface area contributed by atoms with Crippen molar-refractivity contribution >= 4 is 29.1 Å². The van der Waals surface area contributed by atoms with Crippen LogP contribution in [0.3, 0.4) is 0 Å². The number of carbonyl (C=O) groups is 1. The third-order valence-corrected chi connectivity index (χ3v) is 2.16. The molecule has 1 atom stereocenters. The number of hydrogen-bond donors (Lipinski definition) is 1. The van der Waals surface area contributed by atoms with Crippen LogP contribution >= 0.6 is 23.2 Å². The van der Waals surface area contributed by atoms with Crippen LogP contribution in [0.1, 0.15) is 6.92 Å². The molecule has 0 aliphatic carbocycles. The molecule has 0 aliphatic heterocycles. The van der Waals surface area contributed by atoms with Gasteiger partial charge in [0.25, 0.3) is 5.91 Å². The molecule has 0 saturated carbocycles. The molecule has 0 saturated heterocycles. The Labute approximate surface area is 103 Å². The molecule has 0 bridgehead atoms. The maximum absolute atomic E-state index is 11.3. The van der Waals surface area contributed by atoms with Gasteiger partial charge in [0.1, 0.15) is 5.75 Å². The van der Waals surface area contributed by atoms with Crippen LogP contribution in [0.25, 0.3) is 0 Å². The maximum atomic E-state index is 11.3. The number of halogens is 2. The third kappa shape index (κ3) is 3.89.